The van der Waals surface area contributed by atoms with Crippen molar-refractivity contribution in [1.82, 2.24) is 10.2 Å². The van der Waals surface area contributed by atoms with Gasteiger partial charge in [0, 0.05) is 45.5 Å². The molecule has 0 spiro atoms. The first-order valence-corrected chi connectivity index (χ1v) is 9.14. The number of para-hydroxylation sites is 1. The van der Waals surface area contributed by atoms with Crippen molar-refractivity contribution in [1.29, 1.82) is 0 Å². The van der Waals surface area contributed by atoms with Crippen molar-refractivity contribution >= 4 is 17.6 Å². The van der Waals surface area contributed by atoms with Crippen LogP contribution in [0.5, 0.6) is 0 Å². The molecule has 1 aliphatic heterocycles. The van der Waals surface area contributed by atoms with Gasteiger partial charge in [0.2, 0.25) is 0 Å². The molecule has 1 N–H and O–H groups in total. The van der Waals surface area contributed by atoms with Crippen molar-refractivity contribution in [3.8, 4) is 0 Å². The lowest BCUT2D eigenvalue weighted by Gasteiger charge is -2.37. The van der Waals surface area contributed by atoms with E-state index in [2.05, 4.69) is 44.4 Å². The van der Waals surface area contributed by atoms with E-state index in [0.29, 0.717) is 12.1 Å². The number of carbonyl (C=O) groups excluding carboxylic acids is 1. The van der Waals surface area contributed by atoms with Crippen LogP contribution in [-0.4, -0.2) is 57.2 Å². The molecule has 0 radical (unpaired) electrons. The molecule has 0 aliphatic carbocycles. The van der Waals surface area contributed by atoms with Crippen molar-refractivity contribution in [3.63, 3.8) is 0 Å². The van der Waals surface area contributed by atoms with Gasteiger partial charge in [0.15, 0.2) is 5.96 Å². The van der Waals surface area contributed by atoms with Crippen LogP contribution < -0.4 is 10.2 Å². The maximum Gasteiger partial charge on any atom is 0.337 e. The summed E-state index contributed by atoms with van der Waals surface area (Å²) in [6.07, 6.45) is 0. The molecule has 6 nitrogen and oxygen atoms in total. The number of ether oxygens (including phenoxy) is 1. The zero-order valence-corrected chi connectivity index (χ0v) is 15.9. The Bertz CT molecular complexity index is 767. The van der Waals surface area contributed by atoms with E-state index in [1.165, 1.54) is 12.8 Å². The van der Waals surface area contributed by atoms with E-state index in [4.69, 9.17) is 4.74 Å². The van der Waals surface area contributed by atoms with E-state index in [1.54, 1.807) is 12.1 Å². The molecule has 1 fully saturated rings. The van der Waals surface area contributed by atoms with E-state index in [9.17, 15) is 4.79 Å². The fourth-order valence-electron chi connectivity index (χ4n) is 3.21. The molecule has 1 aliphatic rings. The molecule has 2 aromatic carbocycles. The molecule has 2 aromatic rings. The third-order valence-corrected chi connectivity index (χ3v) is 4.74. The average molecular weight is 366 g/mol. The van der Waals surface area contributed by atoms with Crippen LogP contribution >= 0.6 is 0 Å². The first kappa shape index (κ1) is 18.8. The molecule has 6 heteroatoms. The van der Waals surface area contributed by atoms with E-state index in [1.807, 2.05) is 25.2 Å². The first-order valence-electron chi connectivity index (χ1n) is 9.14. The Morgan fingerprint density at radius 3 is 2.30 bits per heavy atom. The molecule has 27 heavy (non-hydrogen) atoms. The summed E-state index contributed by atoms with van der Waals surface area (Å²) in [6, 6.07) is 17.9. The predicted molar refractivity (Wildman–Crippen MR) is 108 cm³/mol. The Morgan fingerprint density at radius 1 is 1.04 bits per heavy atom. The molecule has 0 atom stereocenters. The van der Waals surface area contributed by atoms with Crippen molar-refractivity contribution < 1.29 is 9.53 Å². The topological polar surface area (TPSA) is 57.2 Å². The van der Waals surface area contributed by atoms with Gasteiger partial charge >= 0.3 is 5.97 Å². The lowest BCUT2D eigenvalue weighted by Crippen LogP contribution is -2.52. The van der Waals surface area contributed by atoms with Crippen LogP contribution in [0.1, 0.15) is 15.9 Å². The highest BCUT2D eigenvalue weighted by Crippen LogP contribution is 2.15. The van der Waals surface area contributed by atoms with Gasteiger partial charge in [0.1, 0.15) is 0 Å². The molecule has 0 saturated carbocycles. The van der Waals surface area contributed by atoms with Crippen LogP contribution in [-0.2, 0) is 11.3 Å². The van der Waals surface area contributed by atoms with Gasteiger partial charge in [-0.15, -0.1) is 0 Å². The minimum Gasteiger partial charge on any atom is -0.465 e. The normalized spacial score (nSPS) is 14.8. The van der Waals surface area contributed by atoms with Crippen LogP contribution in [0.25, 0.3) is 0 Å². The summed E-state index contributed by atoms with van der Waals surface area (Å²) in [7, 11) is 3.20. The molecule has 142 valence electrons. The number of hydrogen-bond acceptors (Lipinski definition) is 4. The number of esters is 1. The quantitative estimate of drug-likeness (QED) is 0.511. The van der Waals surface area contributed by atoms with Crippen molar-refractivity contribution in [3.05, 3.63) is 65.7 Å². The lowest BCUT2D eigenvalue weighted by molar-refractivity contribution is 0.0600. The number of nitrogens with zero attached hydrogens (tertiary/aromatic N) is 3. The number of methoxy groups -OCH3 is 1. The number of carbonyl (C=O) groups is 1. The lowest BCUT2D eigenvalue weighted by atomic mass is 10.1. The Labute approximate surface area is 160 Å². The molecule has 0 amide bonds. The summed E-state index contributed by atoms with van der Waals surface area (Å²) in [5.41, 5.74) is 2.92. The Kier molecular flexibility index (Phi) is 6.30. The molecule has 1 heterocycles. The zero-order chi connectivity index (χ0) is 19.1. The second kappa shape index (κ2) is 9.07. The third-order valence-electron chi connectivity index (χ3n) is 4.74. The Morgan fingerprint density at radius 2 is 1.70 bits per heavy atom. The number of anilines is 1. The van der Waals surface area contributed by atoms with Gasteiger partial charge in [-0.25, -0.2) is 4.79 Å². The Balaban J connectivity index is 1.52. The van der Waals surface area contributed by atoms with E-state index < -0.39 is 0 Å². The summed E-state index contributed by atoms with van der Waals surface area (Å²) < 4.78 is 4.73. The predicted octanol–water partition coefficient (Wildman–Crippen LogP) is 2.37. The average Bonchev–Trinajstić information content (AvgIpc) is 2.75. The molecule has 1 saturated heterocycles. The maximum atomic E-state index is 11.5. The van der Waals surface area contributed by atoms with Crippen LogP contribution in [0, 0.1) is 0 Å². The van der Waals surface area contributed by atoms with Crippen LogP contribution in [0.2, 0.25) is 0 Å². The van der Waals surface area contributed by atoms with E-state index >= 15 is 0 Å². The highest BCUT2D eigenvalue weighted by molar-refractivity contribution is 5.89. The summed E-state index contributed by atoms with van der Waals surface area (Å²) in [4.78, 5) is 20.6. The summed E-state index contributed by atoms with van der Waals surface area (Å²) in [5, 5.41) is 3.41. The highest BCUT2D eigenvalue weighted by Gasteiger charge is 2.19. The van der Waals surface area contributed by atoms with Gasteiger partial charge < -0.3 is 19.9 Å². The fraction of sp³-hybridized carbons (Fsp3) is 0.333. The van der Waals surface area contributed by atoms with Gasteiger partial charge in [-0.05, 0) is 29.8 Å². The number of hydrogen-bond donors (Lipinski definition) is 1. The highest BCUT2D eigenvalue weighted by atomic mass is 16.5. The number of aliphatic imine (C=N–C) groups is 1. The number of guanidine groups is 1. The minimum absolute atomic E-state index is 0.318. The number of rotatable bonds is 4. The number of benzene rings is 2. The van der Waals surface area contributed by atoms with E-state index in [-0.39, 0.29) is 5.97 Å². The van der Waals surface area contributed by atoms with Gasteiger partial charge in [-0.2, -0.15) is 0 Å². The summed E-state index contributed by atoms with van der Waals surface area (Å²) >= 11 is 0. The monoisotopic (exact) mass is 366 g/mol. The molecule has 0 unspecified atom stereocenters. The summed E-state index contributed by atoms with van der Waals surface area (Å²) in [5.74, 6) is 0.585. The first-order chi connectivity index (χ1) is 13.2. The van der Waals surface area contributed by atoms with Gasteiger partial charge in [0.05, 0.1) is 12.7 Å². The van der Waals surface area contributed by atoms with Gasteiger partial charge in [-0.3, -0.25) is 4.99 Å². The second-order valence-corrected chi connectivity index (χ2v) is 6.40. The van der Waals surface area contributed by atoms with Crippen molar-refractivity contribution in [2.75, 3.05) is 45.2 Å². The third kappa shape index (κ3) is 4.78. The number of nitrogens with one attached hydrogen (secondary N) is 1. The molecule has 3 rings (SSSR count). The zero-order valence-electron chi connectivity index (χ0n) is 15.9. The SMILES string of the molecule is CN=C(NCc1ccc(C(=O)OC)cc1)N1CCN(c2ccccc2)CC1. The molecule has 0 aromatic heterocycles. The number of piperazine rings is 1. The summed E-state index contributed by atoms with van der Waals surface area (Å²) in [6.45, 7) is 4.45. The van der Waals surface area contributed by atoms with Crippen LogP contribution in [0.4, 0.5) is 5.69 Å². The minimum atomic E-state index is -0.318. The van der Waals surface area contributed by atoms with Gasteiger partial charge in [0.25, 0.3) is 0 Å². The smallest absolute Gasteiger partial charge is 0.337 e. The second-order valence-electron chi connectivity index (χ2n) is 6.40. The van der Waals surface area contributed by atoms with Crippen molar-refractivity contribution in [2.24, 2.45) is 4.99 Å². The largest absolute Gasteiger partial charge is 0.465 e. The molecular formula is C21H26N4O2. The van der Waals surface area contributed by atoms with Crippen LogP contribution in [0.3, 0.4) is 0 Å². The van der Waals surface area contributed by atoms with Gasteiger partial charge in [-0.1, -0.05) is 30.3 Å². The maximum absolute atomic E-state index is 11.5. The fourth-order valence-corrected chi connectivity index (χ4v) is 3.21. The standard InChI is InChI=1S/C21H26N4O2/c1-22-21(23-16-17-8-10-18(11-9-17)20(26)27-2)25-14-12-24(13-15-25)19-6-4-3-5-7-19/h3-11H,12-16H2,1-2H3,(H,22,23). The van der Waals surface area contributed by atoms with E-state index in [0.717, 1.165) is 37.7 Å². The molecule has 0 bridgehead atoms. The Hall–Kier alpha value is -3.02. The van der Waals surface area contributed by atoms with Crippen molar-refractivity contribution in [2.45, 2.75) is 6.54 Å². The van der Waals surface area contributed by atoms with Crippen LogP contribution in [0.15, 0.2) is 59.6 Å². The molecular weight excluding hydrogens is 340 g/mol.